The molecule has 0 spiro atoms. The molecule has 0 fully saturated rings. The van der Waals surface area contributed by atoms with Crippen LogP contribution in [0, 0.1) is 0 Å². The lowest BCUT2D eigenvalue weighted by Gasteiger charge is -2.05. The van der Waals surface area contributed by atoms with Gasteiger partial charge in [0.15, 0.2) is 0 Å². The third-order valence-electron chi connectivity index (χ3n) is 3.98. The van der Waals surface area contributed by atoms with Gasteiger partial charge in [-0.1, -0.05) is 94.1 Å². The van der Waals surface area contributed by atoms with Crippen LogP contribution in [-0.4, -0.2) is 42.6 Å². The molecule has 0 saturated carbocycles. The predicted molar refractivity (Wildman–Crippen MR) is 204 cm³/mol. The standard InChI is InChI=1S/C19H20S16/c1-20-8-9(21-2)29-16(28-8)18-32-12(24-5)14(34-18)26-7-27-15-13(25-6)33-19(35-15)17-30-10(22-3)11(23-4)31-17/h7H2,1-6H3. The van der Waals surface area contributed by atoms with Crippen LogP contribution in [0.15, 0.2) is 50.8 Å². The second-order valence-electron chi connectivity index (χ2n) is 5.90. The minimum absolute atomic E-state index is 1.06. The average molecular weight is 761 g/mol. The number of thioether (sulfide) groups is 16. The summed E-state index contributed by atoms with van der Waals surface area (Å²) in [6.45, 7) is 0. The van der Waals surface area contributed by atoms with Gasteiger partial charge in [-0.15, -0.1) is 94.1 Å². The summed E-state index contributed by atoms with van der Waals surface area (Å²) < 4.78 is 17.5. The first kappa shape index (κ1) is 32.0. The first-order chi connectivity index (χ1) is 17.0. The summed E-state index contributed by atoms with van der Waals surface area (Å²) in [5, 5.41) is 1.06. The van der Waals surface area contributed by atoms with Crippen molar-refractivity contribution in [1.82, 2.24) is 0 Å². The van der Waals surface area contributed by atoms with Gasteiger partial charge < -0.3 is 0 Å². The highest BCUT2D eigenvalue weighted by molar-refractivity contribution is 8.47. The Kier molecular flexibility index (Phi) is 14.6. The fourth-order valence-corrected chi connectivity index (χ4v) is 24.5. The molecule has 0 N–H and O–H groups in total. The fraction of sp³-hybridized carbons (Fsp3) is 0.368. The largest absolute Gasteiger partial charge is 0.121 e. The van der Waals surface area contributed by atoms with Crippen molar-refractivity contribution in [2.24, 2.45) is 0 Å². The van der Waals surface area contributed by atoms with Crippen LogP contribution in [0.1, 0.15) is 0 Å². The normalized spacial score (nSPS) is 21.4. The van der Waals surface area contributed by atoms with Crippen LogP contribution in [-0.2, 0) is 0 Å². The van der Waals surface area contributed by atoms with Crippen molar-refractivity contribution in [2.45, 2.75) is 0 Å². The van der Waals surface area contributed by atoms with Crippen LogP contribution in [0.3, 0.4) is 0 Å². The van der Waals surface area contributed by atoms with Gasteiger partial charge in [-0.25, -0.2) is 0 Å². The molecule has 0 aromatic carbocycles. The van der Waals surface area contributed by atoms with Crippen molar-refractivity contribution in [3.05, 3.63) is 50.8 Å². The van der Waals surface area contributed by atoms with Gasteiger partial charge in [-0.05, 0) is 37.5 Å². The van der Waals surface area contributed by atoms with E-state index in [1.165, 1.54) is 50.8 Å². The number of hydrogen-bond acceptors (Lipinski definition) is 16. The minimum Gasteiger partial charge on any atom is -0.121 e. The molecule has 0 unspecified atom stereocenters. The maximum atomic E-state index is 2.21. The van der Waals surface area contributed by atoms with E-state index in [-0.39, 0.29) is 0 Å². The molecule has 0 atom stereocenters. The molecule has 0 radical (unpaired) electrons. The van der Waals surface area contributed by atoms with Crippen LogP contribution < -0.4 is 0 Å². The van der Waals surface area contributed by atoms with E-state index in [1.54, 1.807) is 0 Å². The van der Waals surface area contributed by atoms with Gasteiger partial charge in [0, 0.05) is 5.08 Å². The maximum absolute atomic E-state index is 2.21. The third kappa shape index (κ3) is 8.11. The Labute approximate surface area is 277 Å². The lowest BCUT2D eigenvalue weighted by atomic mass is 11.2. The Balaban J connectivity index is 1.35. The van der Waals surface area contributed by atoms with Crippen molar-refractivity contribution in [2.75, 3.05) is 42.6 Å². The molecular formula is C19H20S16. The van der Waals surface area contributed by atoms with E-state index in [9.17, 15) is 0 Å². The van der Waals surface area contributed by atoms with Crippen molar-refractivity contribution >= 4 is 188 Å². The summed E-state index contributed by atoms with van der Waals surface area (Å²) >= 11 is 31.1. The van der Waals surface area contributed by atoms with Gasteiger partial charge in [0.05, 0.1) is 50.8 Å². The lowest BCUT2D eigenvalue weighted by Crippen LogP contribution is -1.75. The van der Waals surface area contributed by atoms with Gasteiger partial charge in [0.2, 0.25) is 0 Å². The molecule has 4 rings (SSSR count). The van der Waals surface area contributed by atoms with Crippen LogP contribution in [0.5, 0.6) is 0 Å². The highest BCUT2D eigenvalue weighted by Crippen LogP contribution is 2.68. The quantitative estimate of drug-likeness (QED) is 0.194. The van der Waals surface area contributed by atoms with Gasteiger partial charge >= 0.3 is 0 Å². The molecule has 0 aliphatic carbocycles. The first-order valence-corrected chi connectivity index (χ1v) is 25.3. The highest BCUT2D eigenvalue weighted by Gasteiger charge is 2.32. The van der Waals surface area contributed by atoms with Crippen molar-refractivity contribution < 1.29 is 0 Å². The molecule has 0 amide bonds. The fourth-order valence-electron chi connectivity index (χ4n) is 2.49. The molecule has 0 aromatic heterocycles. The zero-order valence-electron chi connectivity index (χ0n) is 19.2. The van der Waals surface area contributed by atoms with Crippen LogP contribution in [0.4, 0.5) is 0 Å². The molecule has 16 heteroatoms. The molecule has 4 aliphatic heterocycles. The maximum Gasteiger partial charge on any atom is 0.0717 e. The van der Waals surface area contributed by atoms with E-state index in [4.69, 9.17) is 0 Å². The van der Waals surface area contributed by atoms with E-state index in [1.807, 2.05) is 188 Å². The second-order valence-corrected chi connectivity index (χ2v) is 24.4. The minimum atomic E-state index is 1.06. The van der Waals surface area contributed by atoms with Gasteiger partial charge in [-0.3, -0.25) is 0 Å². The average Bonchev–Trinajstić information content (AvgIpc) is 3.66. The zero-order chi connectivity index (χ0) is 24.9. The Morgan fingerprint density at radius 3 is 0.771 bits per heavy atom. The zero-order valence-corrected chi connectivity index (χ0v) is 32.3. The summed E-state index contributed by atoms with van der Waals surface area (Å²) in [5.74, 6) is 0. The number of rotatable bonds is 10. The predicted octanol–water partition coefficient (Wildman–Crippen LogP) is 13.3. The summed E-state index contributed by atoms with van der Waals surface area (Å²) in [7, 11) is 0. The SMILES string of the molecule is CSC1=C(SC)SC(=C2SC(SC)=C(SCSC3=C(SC)SC(=C4SC(SC)=C(SC)S4)S3)S2)S1. The van der Waals surface area contributed by atoms with Gasteiger partial charge in [0.1, 0.15) is 0 Å². The smallest absolute Gasteiger partial charge is 0.0717 e. The number of hydrogen-bond donors (Lipinski definition) is 0. The van der Waals surface area contributed by atoms with E-state index in [0.717, 1.165) is 5.08 Å². The van der Waals surface area contributed by atoms with Crippen molar-refractivity contribution in [1.29, 1.82) is 0 Å². The summed E-state index contributed by atoms with van der Waals surface area (Å²) in [4.78, 5) is 0. The first-order valence-electron chi connectivity index (χ1n) is 9.43. The topological polar surface area (TPSA) is 0 Å². The van der Waals surface area contributed by atoms with E-state index in [0.29, 0.717) is 0 Å². The Morgan fingerprint density at radius 1 is 0.343 bits per heavy atom. The molecule has 0 nitrogen and oxygen atoms in total. The van der Waals surface area contributed by atoms with E-state index < -0.39 is 0 Å². The molecule has 0 bridgehead atoms. The Bertz CT molecular complexity index is 927. The summed E-state index contributed by atoms with van der Waals surface area (Å²) in [6, 6.07) is 0. The van der Waals surface area contributed by atoms with E-state index in [2.05, 4.69) is 37.5 Å². The van der Waals surface area contributed by atoms with Crippen molar-refractivity contribution in [3.8, 4) is 0 Å². The highest BCUT2D eigenvalue weighted by atomic mass is 32.3. The molecule has 4 heterocycles. The Morgan fingerprint density at radius 2 is 0.543 bits per heavy atom. The Hall–Kier alpha value is 4.04. The van der Waals surface area contributed by atoms with Gasteiger partial charge in [0.25, 0.3) is 0 Å². The molecule has 0 saturated heterocycles. The molecule has 4 aliphatic rings. The van der Waals surface area contributed by atoms with Crippen LogP contribution in [0.2, 0.25) is 0 Å². The van der Waals surface area contributed by atoms with Crippen LogP contribution in [0.25, 0.3) is 0 Å². The van der Waals surface area contributed by atoms with Crippen LogP contribution >= 0.6 is 188 Å². The van der Waals surface area contributed by atoms with E-state index >= 15 is 0 Å². The molecule has 0 aromatic rings. The molecule has 35 heavy (non-hydrogen) atoms. The monoisotopic (exact) mass is 760 g/mol. The second kappa shape index (κ2) is 16.0. The lowest BCUT2D eigenvalue weighted by molar-refractivity contribution is 2.19. The summed E-state index contributed by atoms with van der Waals surface area (Å²) in [5.41, 5.74) is 0. The summed E-state index contributed by atoms with van der Waals surface area (Å²) in [6.07, 6.45) is 13.2. The molecular weight excluding hydrogens is 741 g/mol. The van der Waals surface area contributed by atoms with Crippen molar-refractivity contribution in [3.63, 3.8) is 0 Å². The third-order valence-corrected chi connectivity index (χ3v) is 26.3. The van der Waals surface area contributed by atoms with Gasteiger partial charge in [-0.2, -0.15) is 0 Å². The molecule has 192 valence electrons.